The Bertz CT molecular complexity index is 1350. The standard InChI is InChI=1S/C23H16N4O6S2/c1-32-18-11-14(7-9-17(18)33-20-10-8-16(13-24-20)27(30)31)12-19-22(29)26(23(34)35-19)25-21(28)15-5-3-2-4-6-15/h2-13H,1H3,(H,25,28)/b19-12+. The average molecular weight is 509 g/mol. The summed E-state index contributed by atoms with van der Waals surface area (Å²) >= 11 is 6.32. The van der Waals surface area contributed by atoms with E-state index in [4.69, 9.17) is 21.7 Å². The molecule has 35 heavy (non-hydrogen) atoms. The molecule has 0 spiro atoms. The Labute approximate surface area is 208 Å². The number of amides is 2. The zero-order valence-corrected chi connectivity index (χ0v) is 19.7. The van der Waals surface area contributed by atoms with Crippen molar-refractivity contribution >= 4 is 51.9 Å². The number of hydrazine groups is 1. The third kappa shape index (κ3) is 5.45. The lowest BCUT2D eigenvalue weighted by Crippen LogP contribution is -2.44. The highest BCUT2D eigenvalue weighted by Gasteiger charge is 2.33. The predicted octanol–water partition coefficient (Wildman–Crippen LogP) is 4.34. The summed E-state index contributed by atoms with van der Waals surface area (Å²) in [6.45, 7) is 0. The SMILES string of the molecule is COc1cc(/C=C2/SC(=S)N(NC(=O)c3ccccc3)C2=O)ccc1Oc1ccc([N+](=O)[O-])cn1. The van der Waals surface area contributed by atoms with Crippen LogP contribution in [-0.2, 0) is 4.79 Å². The Morgan fingerprint density at radius 3 is 2.60 bits per heavy atom. The minimum Gasteiger partial charge on any atom is -0.493 e. The molecule has 10 nitrogen and oxygen atoms in total. The summed E-state index contributed by atoms with van der Waals surface area (Å²) in [4.78, 5) is 39.7. The van der Waals surface area contributed by atoms with Crippen LogP contribution in [0, 0.1) is 10.1 Å². The second-order valence-corrected chi connectivity index (χ2v) is 8.62. The van der Waals surface area contributed by atoms with Gasteiger partial charge in [0.15, 0.2) is 15.8 Å². The summed E-state index contributed by atoms with van der Waals surface area (Å²) in [5.41, 5.74) is 3.40. The second-order valence-electron chi connectivity index (χ2n) is 6.95. The van der Waals surface area contributed by atoms with Gasteiger partial charge in [0.05, 0.1) is 16.9 Å². The average Bonchev–Trinajstić information content (AvgIpc) is 3.13. The molecule has 2 heterocycles. The Morgan fingerprint density at radius 1 is 1.17 bits per heavy atom. The summed E-state index contributed by atoms with van der Waals surface area (Å²) in [5.74, 6) is -0.0815. The number of rotatable bonds is 7. The predicted molar refractivity (Wildman–Crippen MR) is 133 cm³/mol. The number of nitro groups is 1. The molecule has 1 fully saturated rings. The maximum absolute atomic E-state index is 12.8. The number of nitrogens with one attached hydrogen (secondary N) is 1. The summed E-state index contributed by atoms with van der Waals surface area (Å²) in [5, 5.41) is 11.8. The van der Waals surface area contributed by atoms with Crippen LogP contribution in [0.15, 0.2) is 71.8 Å². The van der Waals surface area contributed by atoms with Crippen LogP contribution < -0.4 is 14.9 Å². The summed E-state index contributed by atoms with van der Waals surface area (Å²) in [6, 6.07) is 16.1. The lowest BCUT2D eigenvalue weighted by molar-refractivity contribution is -0.385. The van der Waals surface area contributed by atoms with Gasteiger partial charge >= 0.3 is 0 Å². The molecule has 1 aliphatic rings. The van der Waals surface area contributed by atoms with Crippen molar-refractivity contribution < 1.29 is 24.0 Å². The molecule has 176 valence electrons. The number of hydrogen-bond donors (Lipinski definition) is 1. The van der Waals surface area contributed by atoms with E-state index in [0.29, 0.717) is 27.5 Å². The van der Waals surface area contributed by atoms with Crippen LogP contribution in [0.1, 0.15) is 15.9 Å². The smallest absolute Gasteiger partial charge is 0.287 e. The molecule has 2 amide bonds. The van der Waals surface area contributed by atoms with E-state index < -0.39 is 16.7 Å². The van der Waals surface area contributed by atoms with E-state index >= 15 is 0 Å². The van der Waals surface area contributed by atoms with Crippen LogP contribution in [0.2, 0.25) is 0 Å². The van der Waals surface area contributed by atoms with Gasteiger partial charge in [0.1, 0.15) is 6.20 Å². The molecule has 0 atom stereocenters. The van der Waals surface area contributed by atoms with E-state index in [1.807, 2.05) is 0 Å². The fourth-order valence-corrected chi connectivity index (χ4v) is 4.16. The van der Waals surface area contributed by atoms with Crippen LogP contribution in [0.3, 0.4) is 0 Å². The molecule has 0 unspecified atom stereocenters. The van der Waals surface area contributed by atoms with Crippen molar-refractivity contribution in [2.24, 2.45) is 0 Å². The van der Waals surface area contributed by atoms with Crippen molar-refractivity contribution in [3.05, 3.63) is 93.0 Å². The zero-order valence-electron chi connectivity index (χ0n) is 18.0. The largest absolute Gasteiger partial charge is 0.493 e. The fraction of sp³-hybridized carbons (Fsp3) is 0.0435. The van der Waals surface area contributed by atoms with E-state index in [2.05, 4.69) is 10.4 Å². The zero-order chi connectivity index (χ0) is 24.9. The molecule has 1 saturated heterocycles. The molecule has 1 N–H and O–H groups in total. The number of thioether (sulfide) groups is 1. The third-order valence-electron chi connectivity index (χ3n) is 4.67. The van der Waals surface area contributed by atoms with Crippen molar-refractivity contribution in [2.75, 3.05) is 7.11 Å². The number of pyridine rings is 1. The molecule has 4 rings (SSSR count). The van der Waals surface area contributed by atoms with Crippen molar-refractivity contribution in [1.29, 1.82) is 0 Å². The first-order valence-corrected chi connectivity index (χ1v) is 11.2. The van der Waals surface area contributed by atoms with Crippen molar-refractivity contribution in [1.82, 2.24) is 15.4 Å². The van der Waals surface area contributed by atoms with Gasteiger partial charge in [-0.05, 0) is 48.1 Å². The Morgan fingerprint density at radius 2 is 1.94 bits per heavy atom. The summed E-state index contributed by atoms with van der Waals surface area (Å²) in [6.07, 6.45) is 2.71. The van der Waals surface area contributed by atoms with E-state index in [-0.39, 0.29) is 15.9 Å². The van der Waals surface area contributed by atoms with E-state index in [1.54, 1.807) is 54.6 Å². The van der Waals surface area contributed by atoms with Gasteiger partial charge in [0.25, 0.3) is 17.5 Å². The molecule has 1 aliphatic heterocycles. The van der Waals surface area contributed by atoms with Crippen molar-refractivity contribution in [3.8, 4) is 17.4 Å². The number of ether oxygens (including phenoxy) is 2. The Kier molecular flexibility index (Phi) is 7.03. The molecular weight excluding hydrogens is 492 g/mol. The minimum absolute atomic E-state index is 0.150. The van der Waals surface area contributed by atoms with E-state index in [0.717, 1.165) is 23.0 Å². The van der Waals surface area contributed by atoms with Gasteiger partial charge in [0, 0.05) is 17.7 Å². The first-order valence-electron chi connectivity index (χ1n) is 9.96. The van der Waals surface area contributed by atoms with E-state index in [1.165, 1.54) is 19.2 Å². The topological polar surface area (TPSA) is 124 Å². The maximum atomic E-state index is 12.8. The van der Waals surface area contributed by atoms with Gasteiger partial charge in [-0.2, -0.15) is 5.01 Å². The number of methoxy groups -OCH3 is 1. The van der Waals surface area contributed by atoms with Crippen LogP contribution in [-0.4, -0.2) is 38.2 Å². The number of hydrogen-bond acceptors (Lipinski definition) is 9. The molecular formula is C23H16N4O6S2. The molecule has 1 aromatic heterocycles. The second kappa shape index (κ2) is 10.3. The normalized spacial score (nSPS) is 14.2. The fourth-order valence-electron chi connectivity index (χ4n) is 2.98. The van der Waals surface area contributed by atoms with Crippen LogP contribution in [0.5, 0.6) is 17.4 Å². The lowest BCUT2D eigenvalue weighted by atomic mass is 10.2. The number of aromatic nitrogens is 1. The van der Waals surface area contributed by atoms with Crippen LogP contribution in [0.4, 0.5) is 5.69 Å². The highest BCUT2D eigenvalue weighted by molar-refractivity contribution is 8.26. The third-order valence-corrected chi connectivity index (χ3v) is 5.98. The van der Waals surface area contributed by atoms with Crippen molar-refractivity contribution in [3.63, 3.8) is 0 Å². The quantitative estimate of drug-likeness (QED) is 0.215. The first-order chi connectivity index (χ1) is 16.9. The molecule has 0 bridgehead atoms. The Hall–Kier alpha value is -4.29. The molecule has 3 aromatic rings. The Balaban J connectivity index is 1.50. The van der Waals surface area contributed by atoms with Gasteiger partial charge in [-0.25, -0.2) is 4.98 Å². The minimum atomic E-state index is -0.554. The van der Waals surface area contributed by atoms with Crippen LogP contribution in [0.25, 0.3) is 6.08 Å². The molecule has 2 aromatic carbocycles. The van der Waals surface area contributed by atoms with Gasteiger partial charge in [-0.1, -0.05) is 36.0 Å². The van der Waals surface area contributed by atoms with Gasteiger partial charge in [0.2, 0.25) is 5.88 Å². The highest BCUT2D eigenvalue weighted by Crippen LogP contribution is 2.35. The number of thiocarbonyl (C=S) groups is 1. The van der Waals surface area contributed by atoms with Gasteiger partial charge < -0.3 is 9.47 Å². The lowest BCUT2D eigenvalue weighted by Gasteiger charge is -2.15. The molecule has 12 heteroatoms. The summed E-state index contributed by atoms with van der Waals surface area (Å²) in [7, 11) is 1.45. The van der Waals surface area contributed by atoms with Gasteiger partial charge in [-0.3, -0.25) is 25.1 Å². The van der Waals surface area contributed by atoms with E-state index in [9.17, 15) is 19.7 Å². The number of carbonyl (C=O) groups excluding carboxylic acids is 2. The van der Waals surface area contributed by atoms with Crippen LogP contribution >= 0.6 is 24.0 Å². The highest BCUT2D eigenvalue weighted by atomic mass is 32.2. The molecule has 0 aliphatic carbocycles. The first kappa shape index (κ1) is 23.9. The monoisotopic (exact) mass is 508 g/mol. The van der Waals surface area contributed by atoms with Gasteiger partial charge in [-0.15, -0.1) is 0 Å². The van der Waals surface area contributed by atoms with Crippen molar-refractivity contribution in [2.45, 2.75) is 0 Å². The summed E-state index contributed by atoms with van der Waals surface area (Å²) < 4.78 is 11.2. The molecule has 0 saturated carbocycles. The molecule has 0 radical (unpaired) electrons. The maximum Gasteiger partial charge on any atom is 0.287 e. The number of carbonyl (C=O) groups is 2. The number of benzene rings is 2. The number of nitrogens with zero attached hydrogens (tertiary/aromatic N) is 3.